The van der Waals surface area contributed by atoms with Crippen LogP contribution in [0.25, 0.3) is 22.6 Å². The summed E-state index contributed by atoms with van der Waals surface area (Å²) in [7, 11) is 0. The maximum atomic E-state index is 12.8. The summed E-state index contributed by atoms with van der Waals surface area (Å²) in [4.78, 5) is 37.3. The molecule has 0 atom stereocenters. The van der Waals surface area contributed by atoms with Gasteiger partial charge in [0.25, 0.3) is 5.56 Å². The highest BCUT2D eigenvalue weighted by molar-refractivity contribution is 5.75. The molecule has 4 aromatic heterocycles. The van der Waals surface area contributed by atoms with Gasteiger partial charge in [0.2, 0.25) is 0 Å². The number of H-pyrrole nitrogens is 1. The number of nitrogens with zero attached hydrogens (tertiary/aromatic N) is 6. The molecule has 0 radical (unpaired) electrons. The van der Waals surface area contributed by atoms with Crippen molar-refractivity contribution >= 4 is 11.2 Å². The average Bonchev–Trinajstić information content (AvgIpc) is 3.37. The Morgan fingerprint density at radius 1 is 1.03 bits per heavy atom. The molecule has 0 spiro atoms. The number of pyridine rings is 1. The number of nitrogens with one attached hydrogen (secondary N) is 1. The Morgan fingerprint density at radius 2 is 1.76 bits per heavy atom. The maximum absolute atomic E-state index is 12.8. The average molecular weight is 393 g/mol. The standard InChI is InChI=1S/C20H23N7O2/c1-3-9-26-18-16(19(28)27(10-4-2)20(26)29)23-17(24-18)15-11-22-25(13-15)12-14-5-7-21-8-6-14/h5-8,11,13H,3-4,9-10,12H2,1-2H3,(H,23,24). The minimum absolute atomic E-state index is 0.308. The number of aromatic nitrogens is 7. The number of aryl methyl sites for hydroxylation is 1. The smallest absolute Gasteiger partial charge is 0.332 e. The van der Waals surface area contributed by atoms with E-state index < -0.39 is 0 Å². The van der Waals surface area contributed by atoms with Crippen molar-refractivity contribution < 1.29 is 0 Å². The van der Waals surface area contributed by atoms with Gasteiger partial charge in [-0.25, -0.2) is 9.78 Å². The van der Waals surface area contributed by atoms with Crippen molar-refractivity contribution in [3.05, 3.63) is 63.3 Å². The van der Waals surface area contributed by atoms with Crippen LogP contribution >= 0.6 is 0 Å². The zero-order valence-electron chi connectivity index (χ0n) is 16.5. The Labute approximate surface area is 166 Å². The molecule has 4 rings (SSSR count). The van der Waals surface area contributed by atoms with Gasteiger partial charge in [-0.15, -0.1) is 0 Å². The van der Waals surface area contributed by atoms with Crippen LogP contribution < -0.4 is 11.2 Å². The van der Waals surface area contributed by atoms with E-state index in [4.69, 9.17) is 0 Å². The van der Waals surface area contributed by atoms with Crippen LogP contribution in [0.15, 0.2) is 46.5 Å². The van der Waals surface area contributed by atoms with Crippen LogP contribution in [0.4, 0.5) is 0 Å². The van der Waals surface area contributed by atoms with Gasteiger partial charge < -0.3 is 4.98 Å². The summed E-state index contributed by atoms with van der Waals surface area (Å²) in [5, 5.41) is 4.39. The van der Waals surface area contributed by atoms with Gasteiger partial charge in [0.15, 0.2) is 5.65 Å². The van der Waals surface area contributed by atoms with Crippen LogP contribution in [-0.2, 0) is 19.6 Å². The molecule has 0 aliphatic heterocycles. The number of rotatable bonds is 7. The van der Waals surface area contributed by atoms with Crippen LogP contribution in [0.1, 0.15) is 32.3 Å². The van der Waals surface area contributed by atoms with Crippen molar-refractivity contribution in [1.29, 1.82) is 0 Å². The number of hydrogen-bond acceptors (Lipinski definition) is 5. The zero-order valence-corrected chi connectivity index (χ0v) is 16.5. The van der Waals surface area contributed by atoms with Crippen LogP contribution in [0, 0.1) is 0 Å². The molecule has 0 aliphatic rings. The van der Waals surface area contributed by atoms with Crippen LogP contribution in [-0.4, -0.2) is 33.9 Å². The first-order chi connectivity index (χ1) is 14.1. The van der Waals surface area contributed by atoms with E-state index in [1.54, 1.807) is 27.8 Å². The van der Waals surface area contributed by atoms with E-state index in [0.717, 1.165) is 17.5 Å². The Hall–Kier alpha value is -3.49. The fourth-order valence-corrected chi connectivity index (χ4v) is 3.40. The van der Waals surface area contributed by atoms with Crippen LogP contribution in [0.2, 0.25) is 0 Å². The highest BCUT2D eigenvalue weighted by Gasteiger charge is 2.18. The van der Waals surface area contributed by atoms with Gasteiger partial charge in [0.05, 0.1) is 18.3 Å². The first kappa shape index (κ1) is 18.9. The topological polar surface area (TPSA) is 103 Å². The Morgan fingerprint density at radius 3 is 2.48 bits per heavy atom. The van der Waals surface area contributed by atoms with E-state index in [1.807, 2.05) is 32.2 Å². The lowest BCUT2D eigenvalue weighted by atomic mass is 10.3. The number of fused-ring (bicyclic) bond motifs is 1. The molecule has 0 unspecified atom stereocenters. The first-order valence-electron chi connectivity index (χ1n) is 9.77. The van der Waals surface area contributed by atoms with Gasteiger partial charge in [-0.1, -0.05) is 13.8 Å². The third kappa shape index (κ3) is 3.51. The molecular weight excluding hydrogens is 370 g/mol. The molecule has 29 heavy (non-hydrogen) atoms. The van der Waals surface area contributed by atoms with Gasteiger partial charge in [0.1, 0.15) is 11.3 Å². The minimum atomic E-state index is -0.331. The van der Waals surface area contributed by atoms with E-state index in [0.29, 0.717) is 43.0 Å². The third-order valence-electron chi connectivity index (χ3n) is 4.76. The van der Waals surface area contributed by atoms with Crippen molar-refractivity contribution in [3.8, 4) is 11.4 Å². The first-order valence-corrected chi connectivity index (χ1v) is 9.77. The lowest BCUT2D eigenvalue weighted by Crippen LogP contribution is -2.40. The molecule has 0 aliphatic carbocycles. The van der Waals surface area contributed by atoms with Crippen LogP contribution in [0.3, 0.4) is 0 Å². The molecule has 0 fully saturated rings. The van der Waals surface area contributed by atoms with Crippen molar-refractivity contribution in [3.63, 3.8) is 0 Å². The normalized spacial score (nSPS) is 11.4. The molecule has 9 heteroatoms. The summed E-state index contributed by atoms with van der Waals surface area (Å²) in [5.74, 6) is 0.525. The molecule has 150 valence electrons. The minimum Gasteiger partial charge on any atom is -0.332 e. The molecule has 0 bridgehead atoms. The third-order valence-corrected chi connectivity index (χ3v) is 4.76. The Balaban J connectivity index is 1.78. The second-order valence-corrected chi connectivity index (χ2v) is 6.96. The van der Waals surface area contributed by atoms with Gasteiger partial charge in [-0.2, -0.15) is 5.10 Å². The van der Waals surface area contributed by atoms with E-state index in [-0.39, 0.29) is 11.2 Å². The highest BCUT2D eigenvalue weighted by atomic mass is 16.2. The second-order valence-electron chi connectivity index (χ2n) is 6.96. The van der Waals surface area contributed by atoms with E-state index >= 15 is 0 Å². The second kappa shape index (κ2) is 7.86. The van der Waals surface area contributed by atoms with Gasteiger partial charge in [-0.3, -0.25) is 23.6 Å². The number of aromatic amines is 1. The summed E-state index contributed by atoms with van der Waals surface area (Å²) < 4.78 is 4.66. The summed E-state index contributed by atoms with van der Waals surface area (Å²) in [6.07, 6.45) is 8.53. The van der Waals surface area contributed by atoms with Crippen LogP contribution in [0.5, 0.6) is 0 Å². The molecule has 4 aromatic rings. The lowest BCUT2D eigenvalue weighted by Gasteiger charge is -2.09. The fraction of sp³-hybridized carbons (Fsp3) is 0.350. The highest BCUT2D eigenvalue weighted by Crippen LogP contribution is 2.18. The molecule has 0 saturated carbocycles. The molecule has 0 saturated heterocycles. The Bertz CT molecular complexity index is 1250. The van der Waals surface area contributed by atoms with Gasteiger partial charge in [-0.05, 0) is 30.5 Å². The summed E-state index contributed by atoms with van der Waals surface area (Å²) in [6, 6.07) is 3.87. The zero-order chi connectivity index (χ0) is 20.4. The van der Waals surface area contributed by atoms with Crippen molar-refractivity contribution in [1.82, 2.24) is 33.9 Å². The lowest BCUT2D eigenvalue weighted by molar-refractivity contribution is 0.555. The number of hydrogen-bond donors (Lipinski definition) is 1. The molecule has 9 nitrogen and oxygen atoms in total. The molecule has 0 amide bonds. The van der Waals surface area contributed by atoms with E-state index in [2.05, 4.69) is 20.1 Å². The molecule has 0 aromatic carbocycles. The van der Waals surface area contributed by atoms with Crippen molar-refractivity contribution in [2.75, 3.05) is 0 Å². The molecular formula is C20H23N7O2. The fourth-order valence-electron chi connectivity index (χ4n) is 3.40. The van der Waals surface area contributed by atoms with Crippen molar-refractivity contribution in [2.24, 2.45) is 0 Å². The predicted octanol–water partition coefficient (Wildman–Crippen LogP) is 2.01. The largest absolute Gasteiger partial charge is 0.332 e. The summed E-state index contributed by atoms with van der Waals surface area (Å²) in [5.41, 5.74) is 1.94. The predicted molar refractivity (Wildman–Crippen MR) is 110 cm³/mol. The molecule has 1 N–H and O–H groups in total. The number of imidazole rings is 1. The van der Waals surface area contributed by atoms with E-state index in [9.17, 15) is 9.59 Å². The summed E-state index contributed by atoms with van der Waals surface area (Å²) >= 11 is 0. The van der Waals surface area contributed by atoms with Gasteiger partial charge >= 0.3 is 5.69 Å². The maximum Gasteiger partial charge on any atom is 0.332 e. The monoisotopic (exact) mass is 393 g/mol. The summed E-state index contributed by atoms with van der Waals surface area (Å²) in [6.45, 7) is 5.42. The van der Waals surface area contributed by atoms with E-state index in [1.165, 1.54) is 4.57 Å². The quantitative estimate of drug-likeness (QED) is 0.517. The Kier molecular flexibility index (Phi) is 5.11. The van der Waals surface area contributed by atoms with Gasteiger partial charge in [0, 0.05) is 31.7 Å². The van der Waals surface area contributed by atoms with Crippen molar-refractivity contribution in [2.45, 2.75) is 46.3 Å². The SMILES string of the molecule is CCCn1c(=O)c2[nH]c(-c3cnn(Cc4ccncc4)c3)nc2n(CCC)c1=O. The molecule has 4 heterocycles.